The number of hydrogen-bond acceptors (Lipinski definition) is 5. The Bertz CT molecular complexity index is 920. The number of alkyl carbamates (subject to hydrolysis) is 1. The van der Waals surface area contributed by atoms with E-state index < -0.39 is 23.9 Å². The highest BCUT2D eigenvalue weighted by molar-refractivity contribution is 6.62. The maximum absolute atomic E-state index is 15.1. The Kier molecular flexibility index (Phi) is 7.06. The number of halogens is 1. The van der Waals surface area contributed by atoms with Crippen LogP contribution in [0.15, 0.2) is 18.2 Å². The molecule has 2 aliphatic heterocycles. The van der Waals surface area contributed by atoms with E-state index in [1.54, 1.807) is 6.07 Å². The molecule has 1 aromatic carbocycles. The van der Waals surface area contributed by atoms with Crippen LogP contribution in [-0.2, 0) is 20.5 Å². The number of benzene rings is 1. The number of piperidine rings is 1. The van der Waals surface area contributed by atoms with Crippen LogP contribution in [0.2, 0.25) is 0 Å². The summed E-state index contributed by atoms with van der Waals surface area (Å²) in [5.41, 5.74) is 0.0852. The third-order valence-corrected chi connectivity index (χ3v) is 8.33. The zero-order valence-electron chi connectivity index (χ0n) is 22.6. The molecule has 3 atom stereocenters. The molecule has 1 aromatic rings. The Balaban J connectivity index is 1.29. The zero-order valence-corrected chi connectivity index (χ0v) is 22.6. The first-order chi connectivity index (χ1) is 16.2. The summed E-state index contributed by atoms with van der Waals surface area (Å²) in [5.74, 6) is 1.54. The Labute approximate surface area is 210 Å². The summed E-state index contributed by atoms with van der Waals surface area (Å²) in [7, 11) is -0.553. The molecule has 1 amide bonds. The summed E-state index contributed by atoms with van der Waals surface area (Å²) < 4.78 is 32.6. The highest BCUT2D eigenvalue weighted by Gasteiger charge is 2.56. The molecule has 6 nitrogen and oxygen atoms in total. The van der Waals surface area contributed by atoms with Crippen molar-refractivity contribution in [3.05, 3.63) is 29.6 Å². The van der Waals surface area contributed by atoms with Gasteiger partial charge in [-0.1, -0.05) is 19.1 Å². The van der Waals surface area contributed by atoms with Crippen molar-refractivity contribution in [1.82, 2.24) is 10.2 Å². The van der Waals surface area contributed by atoms with Crippen molar-refractivity contribution in [1.29, 1.82) is 0 Å². The Morgan fingerprint density at radius 2 is 1.80 bits per heavy atom. The molecule has 8 heteroatoms. The van der Waals surface area contributed by atoms with Crippen molar-refractivity contribution in [2.24, 2.45) is 17.8 Å². The monoisotopic (exact) mass is 488 g/mol. The number of ether oxygens (including phenoxy) is 1. The summed E-state index contributed by atoms with van der Waals surface area (Å²) in [5, 5.41) is 2.92. The summed E-state index contributed by atoms with van der Waals surface area (Å²) in [6.45, 7) is 18.5. The van der Waals surface area contributed by atoms with Gasteiger partial charge in [-0.25, -0.2) is 9.18 Å². The fraction of sp³-hybridized carbons (Fsp3) is 0.741. The predicted octanol–water partition coefficient (Wildman–Crippen LogP) is 4.15. The van der Waals surface area contributed by atoms with E-state index in [4.69, 9.17) is 14.0 Å². The van der Waals surface area contributed by atoms with Crippen LogP contribution in [0.5, 0.6) is 0 Å². The second-order valence-electron chi connectivity index (χ2n) is 12.5. The molecule has 1 N–H and O–H groups in total. The Morgan fingerprint density at radius 1 is 1.20 bits per heavy atom. The first-order valence-electron chi connectivity index (χ1n) is 13.1. The number of amides is 1. The molecule has 1 aliphatic carbocycles. The predicted molar refractivity (Wildman–Crippen MR) is 136 cm³/mol. The number of rotatable bonds is 7. The minimum Gasteiger partial charge on any atom is -0.444 e. The minimum absolute atomic E-state index is 0.195. The molecule has 2 saturated heterocycles. The topological polar surface area (TPSA) is 60.0 Å². The van der Waals surface area contributed by atoms with Gasteiger partial charge in [-0.3, -0.25) is 4.90 Å². The number of carbonyl (C=O) groups is 1. The normalized spacial score (nSPS) is 28.0. The lowest BCUT2D eigenvalue weighted by Crippen LogP contribution is -2.41. The van der Waals surface area contributed by atoms with Gasteiger partial charge in [-0.15, -0.1) is 0 Å². The highest BCUT2D eigenvalue weighted by atomic mass is 19.1. The first kappa shape index (κ1) is 26.4. The van der Waals surface area contributed by atoms with E-state index >= 15 is 4.39 Å². The molecule has 0 spiro atoms. The molecule has 0 radical (unpaired) electrons. The SMILES string of the molecule is CCC(Cc1ccc(B2OC(C)(C)C(C)(C)O2)cc1F)N1CC2C(CNC(=O)OC(C)(C)C)C2C1. The van der Waals surface area contributed by atoms with Crippen LogP contribution in [-0.4, -0.2) is 60.6 Å². The van der Waals surface area contributed by atoms with E-state index in [0.29, 0.717) is 36.8 Å². The molecular formula is C27H42BFN2O4. The molecule has 0 aromatic heterocycles. The van der Waals surface area contributed by atoms with Gasteiger partial charge in [0.25, 0.3) is 0 Å². The maximum Gasteiger partial charge on any atom is 0.494 e. The van der Waals surface area contributed by atoms with Crippen LogP contribution in [0.4, 0.5) is 9.18 Å². The minimum atomic E-state index is -0.553. The van der Waals surface area contributed by atoms with Crippen molar-refractivity contribution in [2.75, 3.05) is 19.6 Å². The quantitative estimate of drug-likeness (QED) is 0.585. The lowest BCUT2D eigenvalue weighted by Gasteiger charge is -2.32. The number of nitrogens with zero attached hydrogens (tertiary/aromatic N) is 1. The first-order valence-corrected chi connectivity index (χ1v) is 13.1. The van der Waals surface area contributed by atoms with Gasteiger partial charge in [0.05, 0.1) is 11.2 Å². The molecule has 3 aliphatic rings. The van der Waals surface area contributed by atoms with Gasteiger partial charge in [-0.05, 0) is 96.2 Å². The number of carbonyl (C=O) groups excluding carboxylic acids is 1. The van der Waals surface area contributed by atoms with E-state index in [2.05, 4.69) is 17.1 Å². The van der Waals surface area contributed by atoms with E-state index in [9.17, 15) is 4.79 Å². The molecule has 35 heavy (non-hydrogen) atoms. The molecule has 0 bridgehead atoms. The van der Waals surface area contributed by atoms with Gasteiger partial charge in [0.1, 0.15) is 11.4 Å². The van der Waals surface area contributed by atoms with Crippen LogP contribution >= 0.6 is 0 Å². The van der Waals surface area contributed by atoms with Crippen LogP contribution in [0.25, 0.3) is 0 Å². The maximum atomic E-state index is 15.1. The third-order valence-electron chi connectivity index (χ3n) is 8.33. The van der Waals surface area contributed by atoms with Crippen molar-refractivity contribution in [3.63, 3.8) is 0 Å². The third kappa shape index (κ3) is 5.70. The second kappa shape index (κ2) is 9.35. The molecular weight excluding hydrogens is 446 g/mol. The molecule has 194 valence electrons. The number of nitrogens with one attached hydrogen (secondary N) is 1. The van der Waals surface area contributed by atoms with E-state index in [0.717, 1.165) is 30.5 Å². The largest absolute Gasteiger partial charge is 0.494 e. The van der Waals surface area contributed by atoms with Gasteiger partial charge >= 0.3 is 13.2 Å². The van der Waals surface area contributed by atoms with Crippen molar-refractivity contribution < 1.29 is 23.2 Å². The summed E-state index contributed by atoms with van der Waals surface area (Å²) in [6.07, 6.45) is 1.32. The Hall–Kier alpha value is -1.64. The van der Waals surface area contributed by atoms with Gasteiger partial charge in [0, 0.05) is 25.7 Å². The van der Waals surface area contributed by atoms with E-state index in [1.807, 2.05) is 60.6 Å². The fourth-order valence-corrected chi connectivity index (χ4v) is 5.44. The molecule has 2 heterocycles. The molecule has 4 rings (SSSR count). The van der Waals surface area contributed by atoms with Crippen LogP contribution < -0.4 is 10.8 Å². The van der Waals surface area contributed by atoms with Crippen LogP contribution in [0, 0.1) is 23.6 Å². The lowest BCUT2D eigenvalue weighted by atomic mass is 9.78. The van der Waals surface area contributed by atoms with Crippen LogP contribution in [0.1, 0.15) is 67.4 Å². The fourth-order valence-electron chi connectivity index (χ4n) is 5.44. The summed E-state index contributed by atoms with van der Waals surface area (Å²) in [4.78, 5) is 14.4. The average Bonchev–Trinajstić information content (AvgIpc) is 3.06. The summed E-state index contributed by atoms with van der Waals surface area (Å²) in [6, 6.07) is 5.71. The van der Waals surface area contributed by atoms with E-state index in [1.165, 1.54) is 0 Å². The standard InChI is InChI=1S/C27H42BFN2O4/c1-9-19(31-15-21-20(22(21)16-31)14-30-24(32)33-25(2,3)4)12-17-10-11-18(13-23(17)29)28-34-26(5,6)27(7,8)35-28/h10-11,13,19-22H,9,12,14-16H2,1-8H3,(H,30,32). The average molecular weight is 488 g/mol. The van der Waals surface area contributed by atoms with Crippen LogP contribution in [0.3, 0.4) is 0 Å². The molecule has 3 unspecified atom stereocenters. The van der Waals surface area contributed by atoms with Gasteiger partial charge in [0.2, 0.25) is 0 Å². The second-order valence-corrected chi connectivity index (χ2v) is 12.5. The van der Waals surface area contributed by atoms with Crippen molar-refractivity contribution in [2.45, 2.75) is 91.1 Å². The lowest BCUT2D eigenvalue weighted by molar-refractivity contribution is 0.00578. The molecule has 3 fully saturated rings. The Morgan fingerprint density at radius 3 is 2.31 bits per heavy atom. The number of hydrogen-bond donors (Lipinski definition) is 1. The zero-order chi connectivity index (χ0) is 25.8. The molecule has 1 saturated carbocycles. The number of fused-ring (bicyclic) bond motifs is 1. The summed E-state index contributed by atoms with van der Waals surface area (Å²) >= 11 is 0. The number of likely N-dealkylation sites (tertiary alicyclic amines) is 1. The van der Waals surface area contributed by atoms with Gasteiger partial charge in [0.15, 0.2) is 0 Å². The van der Waals surface area contributed by atoms with Gasteiger partial charge < -0.3 is 19.4 Å². The van der Waals surface area contributed by atoms with E-state index in [-0.39, 0.29) is 11.9 Å². The van der Waals surface area contributed by atoms with Crippen molar-refractivity contribution in [3.8, 4) is 0 Å². The highest BCUT2D eigenvalue weighted by Crippen LogP contribution is 2.52. The van der Waals surface area contributed by atoms with Gasteiger partial charge in [-0.2, -0.15) is 0 Å². The smallest absolute Gasteiger partial charge is 0.444 e. The van der Waals surface area contributed by atoms with Crippen molar-refractivity contribution >= 4 is 18.7 Å².